The van der Waals surface area contributed by atoms with E-state index in [1.165, 1.54) is 128 Å². The molecule has 1 rings (SSSR count). The molecule has 8 nitrogen and oxygen atoms in total. The zero-order valence-corrected chi connectivity index (χ0v) is 41.4. The fourth-order valence-corrected chi connectivity index (χ4v) is 9.28. The zero-order valence-electron chi connectivity index (χ0n) is 41.4. The Morgan fingerprint density at radius 2 is 0.435 bits per heavy atom. The number of rotatable bonds is 44. The van der Waals surface area contributed by atoms with Crippen LogP contribution in [0.5, 0.6) is 0 Å². The Morgan fingerprint density at radius 1 is 0.274 bits per heavy atom. The molecule has 0 atom stereocenters. The Hall–Kier alpha value is -2.12. The Kier molecular flexibility index (Phi) is 37.7. The first-order valence-corrected chi connectivity index (χ1v) is 27.1. The van der Waals surface area contributed by atoms with Crippen LogP contribution in [0.2, 0.25) is 0 Å². The first kappa shape index (κ1) is 57.9. The summed E-state index contributed by atoms with van der Waals surface area (Å²) in [6.07, 6.45) is 40.9. The van der Waals surface area contributed by atoms with Gasteiger partial charge < -0.3 is 18.9 Å². The van der Waals surface area contributed by atoms with Gasteiger partial charge in [-0.1, -0.05) is 246 Å². The number of unbranched alkanes of at least 4 members (excludes halogenated alkanes) is 32. The molecule has 0 aromatic heterocycles. The van der Waals surface area contributed by atoms with Gasteiger partial charge in [0.05, 0.1) is 26.4 Å². The van der Waals surface area contributed by atoms with Gasteiger partial charge in [0.15, 0.2) is 10.8 Å². The SMILES string of the molecule is CCCCCCCCCCCOC(=O)C1(C(=O)OCCCCCCCCCCC)CCCCC1(C(=O)OCCCCCCCCCCC)C(=O)OCCCCCCCCCCC. The summed E-state index contributed by atoms with van der Waals surface area (Å²) in [6.45, 7) is 9.40. The highest BCUT2D eigenvalue weighted by Gasteiger charge is 2.73. The Bertz CT molecular complexity index is 932. The van der Waals surface area contributed by atoms with Crippen molar-refractivity contribution in [2.24, 2.45) is 10.8 Å². The van der Waals surface area contributed by atoms with Crippen LogP contribution in [0.3, 0.4) is 0 Å². The first-order chi connectivity index (χ1) is 30.4. The zero-order chi connectivity index (χ0) is 45.3. The lowest BCUT2D eigenvalue weighted by Crippen LogP contribution is -2.64. The van der Waals surface area contributed by atoms with Crippen molar-refractivity contribution >= 4 is 23.9 Å². The summed E-state index contributed by atoms with van der Waals surface area (Å²) in [5.41, 5.74) is -4.32. The van der Waals surface area contributed by atoms with Crippen molar-refractivity contribution in [3.63, 3.8) is 0 Å². The van der Waals surface area contributed by atoms with Gasteiger partial charge in [0.25, 0.3) is 0 Å². The standard InChI is InChI=1S/C54H100O8/c1-5-9-13-17-21-25-29-33-39-45-59-49(55)53(50(56)60-46-40-34-30-26-22-18-14-10-6-2)43-37-38-44-54(53,51(57)61-47-41-35-31-27-23-19-15-11-7-3)52(58)62-48-42-36-32-28-24-20-16-12-8-4/h5-48H2,1-4H3. The minimum Gasteiger partial charge on any atom is -0.465 e. The maximum Gasteiger partial charge on any atom is 0.325 e. The molecule has 8 heteroatoms. The summed E-state index contributed by atoms with van der Waals surface area (Å²) in [5.74, 6) is -3.36. The second kappa shape index (κ2) is 40.4. The van der Waals surface area contributed by atoms with Crippen LogP contribution in [0.15, 0.2) is 0 Å². The molecule has 364 valence electrons. The van der Waals surface area contributed by atoms with E-state index in [1.54, 1.807) is 0 Å². The normalized spacial score (nSPS) is 14.4. The van der Waals surface area contributed by atoms with Crippen molar-refractivity contribution < 1.29 is 38.1 Å². The summed E-state index contributed by atoms with van der Waals surface area (Å²) >= 11 is 0. The third-order valence-electron chi connectivity index (χ3n) is 13.4. The van der Waals surface area contributed by atoms with E-state index in [-0.39, 0.29) is 39.3 Å². The first-order valence-electron chi connectivity index (χ1n) is 27.1. The summed E-state index contributed by atoms with van der Waals surface area (Å²) in [6, 6.07) is 0. The lowest BCUT2D eigenvalue weighted by molar-refractivity contribution is -0.209. The maximum atomic E-state index is 14.7. The fraction of sp³-hybridized carbons (Fsp3) is 0.926. The minimum atomic E-state index is -2.16. The van der Waals surface area contributed by atoms with Crippen LogP contribution >= 0.6 is 0 Å². The van der Waals surface area contributed by atoms with Gasteiger partial charge in [-0.25, -0.2) is 0 Å². The van der Waals surface area contributed by atoms with Gasteiger partial charge in [0.2, 0.25) is 0 Å². The summed E-state index contributed by atoms with van der Waals surface area (Å²) in [5, 5.41) is 0. The van der Waals surface area contributed by atoms with Crippen LogP contribution in [0.4, 0.5) is 0 Å². The molecule has 0 aliphatic heterocycles. The summed E-state index contributed by atoms with van der Waals surface area (Å²) < 4.78 is 23.9. The molecule has 0 aromatic rings. The number of hydrogen-bond acceptors (Lipinski definition) is 8. The molecule has 0 aromatic carbocycles. The monoisotopic (exact) mass is 877 g/mol. The molecule has 0 bridgehead atoms. The highest BCUT2D eigenvalue weighted by Crippen LogP contribution is 2.54. The number of esters is 4. The fourth-order valence-electron chi connectivity index (χ4n) is 9.28. The van der Waals surface area contributed by atoms with Crippen molar-refractivity contribution in [2.45, 2.75) is 285 Å². The molecule has 0 saturated heterocycles. The van der Waals surface area contributed by atoms with Gasteiger partial charge in [-0.2, -0.15) is 0 Å². The second-order valence-electron chi connectivity index (χ2n) is 18.9. The number of carbonyl (C=O) groups is 4. The third-order valence-corrected chi connectivity index (χ3v) is 13.4. The maximum absolute atomic E-state index is 14.7. The molecule has 1 fully saturated rings. The molecule has 0 N–H and O–H groups in total. The lowest BCUT2D eigenvalue weighted by atomic mass is 9.55. The quantitative estimate of drug-likeness (QED) is 0.0258. The molecule has 0 radical (unpaired) electrons. The van der Waals surface area contributed by atoms with Crippen LogP contribution in [-0.2, 0) is 38.1 Å². The van der Waals surface area contributed by atoms with E-state index in [2.05, 4.69) is 27.7 Å². The molecule has 0 amide bonds. The van der Waals surface area contributed by atoms with Crippen molar-refractivity contribution in [1.29, 1.82) is 0 Å². The van der Waals surface area contributed by atoms with Gasteiger partial charge >= 0.3 is 23.9 Å². The molecule has 1 aliphatic rings. The van der Waals surface area contributed by atoms with Crippen LogP contribution in [-0.4, -0.2) is 50.3 Å². The van der Waals surface area contributed by atoms with Crippen LogP contribution in [0.25, 0.3) is 0 Å². The molecule has 0 spiro atoms. The Balaban J connectivity index is 3.19. The molecule has 0 unspecified atom stereocenters. The predicted molar refractivity (Wildman–Crippen MR) is 256 cm³/mol. The molecule has 1 aliphatic carbocycles. The lowest BCUT2D eigenvalue weighted by Gasteiger charge is -2.45. The highest BCUT2D eigenvalue weighted by molar-refractivity contribution is 6.14. The average molecular weight is 877 g/mol. The summed E-state index contributed by atoms with van der Waals surface area (Å²) in [4.78, 5) is 58.6. The third kappa shape index (κ3) is 24.2. The molecular formula is C54H100O8. The van der Waals surface area contributed by atoms with Crippen molar-refractivity contribution in [3.05, 3.63) is 0 Å². The van der Waals surface area contributed by atoms with Gasteiger partial charge in [-0.05, 0) is 38.5 Å². The van der Waals surface area contributed by atoms with E-state index in [0.29, 0.717) is 38.5 Å². The largest absolute Gasteiger partial charge is 0.465 e. The van der Waals surface area contributed by atoms with Crippen LogP contribution in [0.1, 0.15) is 285 Å². The van der Waals surface area contributed by atoms with E-state index in [4.69, 9.17) is 18.9 Å². The van der Waals surface area contributed by atoms with E-state index in [9.17, 15) is 19.2 Å². The van der Waals surface area contributed by atoms with Gasteiger partial charge in [0, 0.05) is 0 Å². The van der Waals surface area contributed by atoms with Crippen molar-refractivity contribution in [1.82, 2.24) is 0 Å². The highest BCUT2D eigenvalue weighted by atomic mass is 16.6. The number of hydrogen-bond donors (Lipinski definition) is 0. The second-order valence-corrected chi connectivity index (χ2v) is 18.9. The smallest absolute Gasteiger partial charge is 0.325 e. The number of ether oxygens (including phenoxy) is 4. The van der Waals surface area contributed by atoms with Gasteiger partial charge in [-0.3, -0.25) is 19.2 Å². The topological polar surface area (TPSA) is 105 Å². The Labute approximate surface area is 382 Å². The predicted octanol–water partition coefficient (Wildman–Crippen LogP) is 15.8. The van der Waals surface area contributed by atoms with Crippen LogP contribution in [0, 0.1) is 10.8 Å². The number of carbonyl (C=O) groups excluding carboxylic acids is 4. The van der Waals surface area contributed by atoms with Crippen molar-refractivity contribution in [3.8, 4) is 0 Å². The molecular weight excluding hydrogens is 777 g/mol. The Morgan fingerprint density at radius 3 is 0.613 bits per heavy atom. The van der Waals surface area contributed by atoms with Gasteiger partial charge in [0.1, 0.15) is 0 Å². The summed E-state index contributed by atoms with van der Waals surface area (Å²) in [7, 11) is 0. The minimum absolute atomic E-state index is 0.0134. The average Bonchev–Trinajstić information content (AvgIpc) is 3.28. The van der Waals surface area contributed by atoms with E-state index >= 15 is 0 Å². The van der Waals surface area contributed by atoms with E-state index in [1.807, 2.05) is 0 Å². The van der Waals surface area contributed by atoms with E-state index in [0.717, 1.165) is 77.0 Å². The van der Waals surface area contributed by atoms with Crippen LogP contribution < -0.4 is 0 Å². The molecule has 62 heavy (non-hydrogen) atoms. The van der Waals surface area contributed by atoms with Crippen molar-refractivity contribution in [2.75, 3.05) is 26.4 Å². The van der Waals surface area contributed by atoms with Gasteiger partial charge in [-0.15, -0.1) is 0 Å². The molecule has 1 saturated carbocycles. The molecule has 0 heterocycles. The van der Waals surface area contributed by atoms with E-state index < -0.39 is 34.7 Å².